The second kappa shape index (κ2) is 13.1. The van der Waals surface area contributed by atoms with Crippen molar-refractivity contribution in [1.82, 2.24) is 0 Å². The van der Waals surface area contributed by atoms with Crippen molar-refractivity contribution in [3.63, 3.8) is 0 Å². The van der Waals surface area contributed by atoms with Crippen LogP contribution < -0.4 is 4.90 Å². The molecule has 0 unspecified atom stereocenters. The molecule has 0 radical (unpaired) electrons. The highest BCUT2D eigenvalue weighted by Gasteiger charge is 2.51. The first kappa shape index (κ1) is 36.0. The van der Waals surface area contributed by atoms with Crippen molar-refractivity contribution >= 4 is 17.1 Å². The molecule has 0 spiro atoms. The van der Waals surface area contributed by atoms with Gasteiger partial charge in [-0.3, -0.25) is 0 Å². The summed E-state index contributed by atoms with van der Waals surface area (Å²) in [6.07, 6.45) is 15.5. The number of hydrogen-bond donors (Lipinski definition) is 0. The first-order chi connectivity index (χ1) is 28.7. The van der Waals surface area contributed by atoms with Crippen molar-refractivity contribution in [3.05, 3.63) is 161 Å². The zero-order valence-electron chi connectivity index (χ0n) is 35.7. The molecule has 5 fully saturated rings. The number of anilines is 3. The van der Waals surface area contributed by atoms with Crippen molar-refractivity contribution in [2.24, 2.45) is 17.8 Å². The molecule has 7 aliphatic rings. The van der Waals surface area contributed by atoms with E-state index in [1.54, 1.807) is 5.56 Å². The van der Waals surface area contributed by atoms with E-state index in [-0.39, 0.29) is 10.8 Å². The summed E-state index contributed by atoms with van der Waals surface area (Å²) in [5, 5.41) is 0. The van der Waals surface area contributed by atoms with Crippen LogP contribution in [0.2, 0.25) is 0 Å². The quantitative estimate of drug-likeness (QED) is 0.163. The molecule has 0 atom stereocenters. The molecule has 296 valence electrons. The Morgan fingerprint density at radius 3 is 1.76 bits per heavy atom. The van der Waals surface area contributed by atoms with Gasteiger partial charge in [-0.15, -0.1) is 0 Å². The smallest absolute Gasteiger partial charge is 0.0465 e. The first-order valence-electron chi connectivity index (χ1n) is 23.2. The van der Waals surface area contributed by atoms with E-state index in [4.69, 9.17) is 0 Å². The second-order valence-corrected chi connectivity index (χ2v) is 21.0. The van der Waals surface area contributed by atoms with Gasteiger partial charge in [-0.1, -0.05) is 132 Å². The molecule has 1 nitrogen and oxygen atoms in total. The molecular formula is C58H59N. The van der Waals surface area contributed by atoms with Gasteiger partial charge >= 0.3 is 0 Å². The van der Waals surface area contributed by atoms with Gasteiger partial charge in [0.05, 0.1) is 0 Å². The molecule has 5 saturated carbocycles. The molecule has 0 saturated heterocycles. The summed E-state index contributed by atoms with van der Waals surface area (Å²) >= 11 is 0. The topological polar surface area (TPSA) is 3.24 Å². The zero-order valence-corrected chi connectivity index (χ0v) is 35.7. The molecule has 0 aromatic heterocycles. The molecule has 0 N–H and O–H groups in total. The van der Waals surface area contributed by atoms with Crippen molar-refractivity contribution in [3.8, 4) is 33.4 Å². The zero-order chi connectivity index (χ0) is 39.7. The van der Waals surface area contributed by atoms with Crippen LogP contribution in [0.15, 0.2) is 127 Å². The van der Waals surface area contributed by atoms with Gasteiger partial charge < -0.3 is 4.90 Å². The minimum Gasteiger partial charge on any atom is -0.310 e. The summed E-state index contributed by atoms with van der Waals surface area (Å²) in [5.74, 6) is 3.55. The maximum absolute atomic E-state index is 2.55. The van der Waals surface area contributed by atoms with E-state index in [1.165, 1.54) is 149 Å². The van der Waals surface area contributed by atoms with Gasteiger partial charge in [0.15, 0.2) is 0 Å². The first-order valence-corrected chi connectivity index (χ1v) is 23.2. The van der Waals surface area contributed by atoms with Gasteiger partial charge in [0.25, 0.3) is 0 Å². The van der Waals surface area contributed by atoms with E-state index >= 15 is 0 Å². The van der Waals surface area contributed by atoms with Crippen LogP contribution in [0, 0.1) is 17.8 Å². The van der Waals surface area contributed by atoms with Gasteiger partial charge in [0.1, 0.15) is 0 Å². The summed E-state index contributed by atoms with van der Waals surface area (Å²) in [7, 11) is 0. The van der Waals surface area contributed by atoms with Gasteiger partial charge in [-0.2, -0.15) is 0 Å². The van der Waals surface area contributed by atoms with E-state index in [2.05, 4.69) is 160 Å². The van der Waals surface area contributed by atoms with Crippen LogP contribution >= 0.6 is 0 Å². The molecule has 59 heavy (non-hydrogen) atoms. The SMILES string of the molecule is CC1(C)c2ccccc2-c2cc(-c3cccc4c3C(C)(C)c3cc(N(c5ccc(C6CCCCC6)cc5)c5ccc(C67CC8CC(CC(C8)C6)C7)cc5)ccc3-4)ccc21. The lowest BCUT2D eigenvalue weighted by molar-refractivity contribution is -0.00518. The van der Waals surface area contributed by atoms with E-state index in [1.807, 2.05) is 0 Å². The number of hydrogen-bond acceptors (Lipinski definition) is 1. The van der Waals surface area contributed by atoms with Crippen molar-refractivity contribution < 1.29 is 0 Å². The molecule has 0 heterocycles. The molecular weight excluding hydrogens is 711 g/mol. The number of fused-ring (bicyclic) bond motifs is 6. The molecule has 1 heteroatoms. The lowest BCUT2D eigenvalue weighted by Crippen LogP contribution is -2.48. The van der Waals surface area contributed by atoms with Crippen molar-refractivity contribution in [2.75, 3.05) is 4.90 Å². The van der Waals surface area contributed by atoms with Gasteiger partial charge in [-0.25, -0.2) is 0 Å². The third-order valence-electron chi connectivity index (χ3n) is 16.8. The monoisotopic (exact) mass is 769 g/mol. The Hall–Kier alpha value is -4.88. The highest BCUT2D eigenvalue weighted by atomic mass is 15.1. The van der Waals surface area contributed by atoms with Crippen LogP contribution in [0.3, 0.4) is 0 Å². The summed E-state index contributed by atoms with van der Waals surface area (Å²) in [5.41, 5.74) is 21.0. The maximum Gasteiger partial charge on any atom is 0.0465 e. The van der Waals surface area contributed by atoms with E-state index in [9.17, 15) is 0 Å². The largest absolute Gasteiger partial charge is 0.310 e. The highest BCUT2D eigenvalue weighted by molar-refractivity contribution is 5.92. The average Bonchev–Trinajstić information content (AvgIpc) is 3.63. The summed E-state index contributed by atoms with van der Waals surface area (Å²) in [6.45, 7) is 9.67. The van der Waals surface area contributed by atoms with Gasteiger partial charge in [-0.05, 0) is 190 Å². The predicted octanol–water partition coefficient (Wildman–Crippen LogP) is 16.0. The average molecular weight is 770 g/mol. The third kappa shape index (κ3) is 5.48. The lowest BCUT2D eigenvalue weighted by atomic mass is 9.48. The Kier molecular flexibility index (Phi) is 7.97. The number of nitrogens with zero attached hydrogens (tertiary/aromatic N) is 1. The van der Waals surface area contributed by atoms with Crippen LogP contribution in [-0.2, 0) is 16.2 Å². The van der Waals surface area contributed by atoms with Gasteiger partial charge in [0.2, 0.25) is 0 Å². The fraction of sp³-hybridized carbons (Fsp3) is 0.379. The lowest BCUT2D eigenvalue weighted by Gasteiger charge is -2.57. The van der Waals surface area contributed by atoms with Crippen LogP contribution in [0.25, 0.3) is 33.4 Å². The maximum atomic E-state index is 2.55. The molecule has 0 aliphatic heterocycles. The normalized spacial score (nSPS) is 25.3. The Labute approximate surface area is 352 Å². The fourth-order valence-electron chi connectivity index (χ4n) is 14.3. The standard InChI is InChI=1S/C58H59N/c1-56(2)52-16-9-8-13-48(52)51-32-42(19-28-53(51)56)47-14-10-15-50-49-27-26-46(33-54(49)57(3,4)55(47)50)59(44-22-17-41(18-23-44)40-11-6-5-7-12-40)45-24-20-43(21-25-45)58-34-37-29-38(35-58)31-39(30-37)36-58/h8-10,13-28,32-33,37-40H,5-7,11-12,29-31,34-36H2,1-4H3. The highest BCUT2D eigenvalue weighted by Crippen LogP contribution is 2.61. The minimum atomic E-state index is -0.174. The minimum absolute atomic E-state index is 0.00616. The van der Waals surface area contributed by atoms with Crippen LogP contribution in [-0.4, -0.2) is 0 Å². The molecule has 4 bridgehead atoms. The Morgan fingerprint density at radius 2 is 1.05 bits per heavy atom. The fourth-order valence-corrected chi connectivity index (χ4v) is 14.3. The number of benzene rings is 6. The summed E-state index contributed by atoms with van der Waals surface area (Å²) in [6, 6.07) is 50.3. The van der Waals surface area contributed by atoms with Gasteiger partial charge in [0, 0.05) is 27.9 Å². The van der Waals surface area contributed by atoms with E-state index in [0.29, 0.717) is 11.3 Å². The Bertz CT molecular complexity index is 2580. The van der Waals surface area contributed by atoms with Crippen molar-refractivity contribution in [1.29, 1.82) is 0 Å². The molecule has 0 amide bonds. The predicted molar refractivity (Wildman–Crippen MR) is 247 cm³/mol. The molecule has 6 aromatic carbocycles. The van der Waals surface area contributed by atoms with E-state index in [0.717, 1.165) is 17.8 Å². The van der Waals surface area contributed by atoms with E-state index < -0.39 is 0 Å². The molecule has 7 aliphatic carbocycles. The Morgan fingerprint density at radius 1 is 0.458 bits per heavy atom. The molecule has 13 rings (SSSR count). The third-order valence-corrected chi connectivity index (χ3v) is 16.8. The van der Waals surface area contributed by atoms with Crippen LogP contribution in [0.4, 0.5) is 17.1 Å². The second-order valence-electron chi connectivity index (χ2n) is 21.0. The van der Waals surface area contributed by atoms with Crippen LogP contribution in [0.1, 0.15) is 138 Å². The summed E-state index contributed by atoms with van der Waals surface area (Å²) < 4.78 is 0. The summed E-state index contributed by atoms with van der Waals surface area (Å²) in [4.78, 5) is 2.55. The Balaban J connectivity index is 0.937. The molecule has 6 aromatic rings. The van der Waals surface area contributed by atoms with Crippen molar-refractivity contribution in [2.45, 2.75) is 120 Å². The van der Waals surface area contributed by atoms with Crippen LogP contribution in [0.5, 0.6) is 0 Å². The number of rotatable bonds is 6.